The van der Waals surface area contributed by atoms with E-state index in [1.807, 2.05) is 26.0 Å². The number of morpholine rings is 1. The molecule has 1 aliphatic heterocycles. The number of nitrogens with zero attached hydrogens (tertiary/aromatic N) is 3. The van der Waals surface area contributed by atoms with Crippen LogP contribution in [0.2, 0.25) is 0 Å². The van der Waals surface area contributed by atoms with E-state index in [1.54, 1.807) is 12.1 Å². The lowest BCUT2D eigenvalue weighted by Gasteiger charge is -2.40. The summed E-state index contributed by atoms with van der Waals surface area (Å²) in [6.45, 7) is 6.20. The highest BCUT2D eigenvalue weighted by Gasteiger charge is 2.30. The van der Waals surface area contributed by atoms with Gasteiger partial charge in [-0.25, -0.2) is 0 Å². The summed E-state index contributed by atoms with van der Waals surface area (Å²) in [4.78, 5) is 5.26. The molecule has 1 fully saturated rings. The lowest BCUT2D eigenvalue weighted by atomic mass is 10.2. The van der Waals surface area contributed by atoms with Crippen molar-refractivity contribution < 1.29 is 31.5 Å². The fourth-order valence-corrected chi connectivity index (χ4v) is 2.21. The molecule has 0 aliphatic carbocycles. The van der Waals surface area contributed by atoms with E-state index in [4.69, 9.17) is 19.6 Å². The first-order chi connectivity index (χ1) is 11.8. The van der Waals surface area contributed by atoms with Crippen molar-refractivity contribution in [3.63, 3.8) is 0 Å². The fraction of sp³-hybridized carbons (Fsp3) is 0.571. The van der Waals surface area contributed by atoms with E-state index < -0.39 is 7.25 Å². The molecule has 0 spiro atoms. The molecule has 1 aromatic carbocycles. The lowest BCUT2D eigenvalue weighted by molar-refractivity contribution is -0.179. The molecule has 1 aromatic rings. The van der Waals surface area contributed by atoms with Gasteiger partial charge in [-0.2, -0.15) is 0 Å². The summed E-state index contributed by atoms with van der Waals surface area (Å²) in [5, 5.41) is 8.73. The van der Waals surface area contributed by atoms with Crippen LogP contribution < -0.4 is 4.90 Å². The average Bonchev–Trinajstić information content (AvgIpc) is 2.55. The van der Waals surface area contributed by atoms with Crippen molar-refractivity contribution in [3.05, 3.63) is 29.2 Å². The Morgan fingerprint density at radius 3 is 2.20 bits per heavy atom. The van der Waals surface area contributed by atoms with Crippen LogP contribution >= 0.6 is 0 Å². The van der Waals surface area contributed by atoms with Gasteiger partial charge in [0.15, 0.2) is 17.5 Å². The van der Waals surface area contributed by atoms with Crippen LogP contribution in [-0.2, 0) is 14.2 Å². The van der Waals surface area contributed by atoms with Crippen molar-refractivity contribution in [3.8, 4) is 0 Å². The number of hydrogen-bond donors (Lipinski definition) is 0. The van der Waals surface area contributed by atoms with Crippen LogP contribution in [0.3, 0.4) is 0 Å². The maximum Gasteiger partial charge on any atom is 0.673 e. The molecule has 2 atom stereocenters. The molecule has 0 N–H and O–H groups in total. The van der Waals surface area contributed by atoms with Gasteiger partial charge in [0, 0.05) is 31.0 Å². The highest BCUT2D eigenvalue weighted by molar-refractivity contribution is 6.50. The second-order valence-corrected chi connectivity index (χ2v) is 4.89. The maximum absolute atomic E-state index is 9.75. The van der Waals surface area contributed by atoms with Crippen LogP contribution in [0.4, 0.5) is 28.6 Å². The van der Waals surface area contributed by atoms with Crippen molar-refractivity contribution in [2.24, 2.45) is 0 Å². The minimum atomic E-state index is -6.00. The highest BCUT2D eigenvalue weighted by Crippen LogP contribution is 2.25. The van der Waals surface area contributed by atoms with Gasteiger partial charge in [0.25, 0.3) is 0 Å². The van der Waals surface area contributed by atoms with Gasteiger partial charge in [-0.05, 0) is 26.0 Å². The van der Waals surface area contributed by atoms with Crippen LogP contribution in [0, 0.1) is 5.39 Å². The molecule has 1 aliphatic rings. The highest BCUT2D eigenvalue weighted by atomic mass is 19.5. The number of anilines is 1. The van der Waals surface area contributed by atoms with Gasteiger partial charge in [-0.15, -0.1) is 0 Å². The molecule has 6 nitrogen and oxygen atoms in total. The summed E-state index contributed by atoms with van der Waals surface area (Å²) in [7, 11) is -6.00. The summed E-state index contributed by atoms with van der Waals surface area (Å²) < 4.78 is 55.9. The van der Waals surface area contributed by atoms with Crippen molar-refractivity contribution in [2.45, 2.75) is 26.4 Å². The molecule has 1 saturated heterocycles. The number of hydrogen-bond acceptors (Lipinski definition) is 5. The van der Waals surface area contributed by atoms with E-state index >= 15 is 0 Å². The SMILES string of the molecule is CCOC1CN(c2ccc([N+]#N)cc2)C(OCC)CO1.F[B-](F)(F)F. The smallest absolute Gasteiger partial charge is 0.418 e. The summed E-state index contributed by atoms with van der Waals surface area (Å²) in [6.07, 6.45) is -0.382. The van der Waals surface area contributed by atoms with Crippen molar-refractivity contribution in [1.29, 1.82) is 5.39 Å². The van der Waals surface area contributed by atoms with Gasteiger partial charge in [-0.1, -0.05) is 0 Å². The Kier molecular flexibility index (Phi) is 8.61. The second-order valence-electron chi connectivity index (χ2n) is 4.89. The molecule has 2 unspecified atom stereocenters. The first-order valence-electron chi connectivity index (χ1n) is 7.72. The first-order valence-corrected chi connectivity index (χ1v) is 7.72. The molecule has 2 rings (SSSR count). The van der Waals surface area contributed by atoms with Crippen LogP contribution in [0.1, 0.15) is 13.8 Å². The van der Waals surface area contributed by atoms with Gasteiger partial charge in [0.2, 0.25) is 5.39 Å². The van der Waals surface area contributed by atoms with Crippen molar-refractivity contribution >= 4 is 18.6 Å². The summed E-state index contributed by atoms with van der Waals surface area (Å²) in [6, 6.07) is 7.30. The number of diazo groups is 1. The van der Waals surface area contributed by atoms with Crippen molar-refractivity contribution in [1.82, 2.24) is 0 Å². The molecule has 0 amide bonds. The molecule has 0 bridgehead atoms. The van der Waals surface area contributed by atoms with Crippen LogP contribution in [0.25, 0.3) is 4.98 Å². The number of rotatable bonds is 5. The maximum atomic E-state index is 9.75. The van der Waals surface area contributed by atoms with Crippen molar-refractivity contribution in [2.75, 3.05) is 31.3 Å². The third-order valence-corrected chi connectivity index (χ3v) is 3.13. The van der Waals surface area contributed by atoms with E-state index in [0.717, 1.165) is 5.69 Å². The largest absolute Gasteiger partial charge is 0.673 e. The normalized spacial score (nSPS) is 20.4. The van der Waals surface area contributed by atoms with Gasteiger partial charge in [-0.3, -0.25) is 0 Å². The lowest BCUT2D eigenvalue weighted by Crippen LogP contribution is -2.52. The number of halogens is 4. The Bertz CT molecular complexity index is 548. The Labute approximate surface area is 143 Å². The summed E-state index contributed by atoms with van der Waals surface area (Å²) in [5.41, 5.74) is 1.51. The van der Waals surface area contributed by atoms with Gasteiger partial charge in [0.05, 0.1) is 13.2 Å². The molecule has 0 aromatic heterocycles. The molecule has 11 heteroatoms. The average molecular weight is 365 g/mol. The molecular weight excluding hydrogens is 345 g/mol. The Balaban J connectivity index is 0.000000550. The molecule has 0 radical (unpaired) electrons. The van der Waals surface area contributed by atoms with Gasteiger partial charge < -0.3 is 36.4 Å². The van der Waals surface area contributed by atoms with Crippen LogP contribution in [0.5, 0.6) is 0 Å². The standard InChI is InChI=1S/C14H20N3O3.BF4/c1-3-18-13-10-20-14(19-4-2)9-17(13)12-7-5-11(16-15)6-8-12;2-1(3,4)5/h5-8,13-14H,3-4,9-10H2,1-2H3;/q+1;-1. The summed E-state index contributed by atoms with van der Waals surface area (Å²) >= 11 is 0. The summed E-state index contributed by atoms with van der Waals surface area (Å²) in [5.74, 6) is 0. The zero-order valence-electron chi connectivity index (χ0n) is 13.9. The van der Waals surface area contributed by atoms with E-state index in [9.17, 15) is 17.3 Å². The Morgan fingerprint density at radius 2 is 1.72 bits per heavy atom. The fourth-order valence-electron chi connectivity index (χ4n) is 2.21. The quantitative estimate of drug-likeness (QED) is 0.448. The zero-order chi connectivity index (χ0) is 18.9. The topological polar surface area (TPSA) is 59.1 Å². The van der Waals surface area contributed by atoms with E-state index in [-0.39, 0.29) is 12.5 Å². The number of ether oxygens (including phenoxy) is 3. The first kappa shape index (κ1) is 21.1. The van der Waals surface area contributed by atoms with E-state index in [2.05, 4.69) is 9.88 Å². The molecule has 0 saturated carbocycles. The van der Waals surface area contributed by atoms with E-state index in [0.29, 0.717) is 32.1 Å². The Morgan fingerprint density at radius 1 is 1.16 bits per heavy atom. The predicted molar refractivity (Wildman–Crippen MR) is 85.5 cm³/mol. The van der Waals surface area contributed by atoms with Crippen LogP contribution in [-0.4, -0.2) is 46.1 Å². The van der Waals surface area contributed by atoms with Gasteiger partial charge >= 0.3 is 12.9 Å². The minimum absolute atomic E-state index is 0.131. The molecular formula is C14H20BF4N3O3. The second kappa shape index (κ2) is 10.2. The third-order valence-electron chi connectivity index (χ3n) is 3.13. The van der Waals surface area contributed by atoms with E-state index in [1.165, 1.54) is 0 Å². The predicted octanol–water partition coefficient (Wildman–Crippen LogP) is 4.03. The molecule has 25 heavy (non-hydrogen) atoms. The zero-order valence-corrected chi connectivity index (χ0v) is 13.9. The monoisotopic (exact) mass is 365 g/mol. The van der Waals surface area contributed by atoms with Crippen LogP contribution in [0.15, 0.2) is 24.3 Å². The minimum Gasteiger partial charge on any atom is -0.418 e. The Hall–Kier alpha value is -1.90. The molecule has 140 valence electrons. The molecule has 1 heterocycles. The third kappa shape index (κ3) is 8.15. The van der Waals surface area contributed by atoms with Gasteiger partial charge in [0.1, 0.15) is 0 Å². The number of benzene rings is 1.